The molecule has 0 fully saturated rings. The molecular formula is C24H32N4O11. The van der Waals surface area contributed by atoms with Gasteiger partial charge in [0.05, 0.1) is 6.04 Å². The first-order valence-electron chi connectivity index (χ1n) is 11.9. The normalized spacial score (nSPS) is 13.7. The van der Waals surface area contributed by atoms with E-state index in [1.165, 1.54) is 0 Å². The lowest BCUT2D eigenvalue weighted by atomic mass is 10.0. The van der Waals surface area contributed by atoms with Crippen molar-refractivity contribution in [2.24, 2.45) is 5.73 Å². The van der Waals surface area contributed by atoms with Crippen LogP contribution in [0.15, 0.2) is 30.3 Å². The lowest BCUT2D eigenvalue weighted by Crippen LogP contribution is -2.57. The molecule has 1 rings (SSSR count). The Kier molecular flexibility index (Phi) is 13.6. The van der Waals surface area contributed by atoms with Crippen LogP contribution in [0.4, 0.5) is 0 Å². The van der Waals surface area contributed by atoms with E-state index in [2.05, 4.69) is 16.0 Å². The SMILES string of the molecule is NC(CCC(=O)O)C(=O)NC(CCC(=O)O)C(=O)NC(CCC(=O)O)C(=O)NC(Cc1ccccc1)C(=O)O. The molecule has 0 bridgehead atoms. The Morgan fingerprint density at radius 1 is 0.615 bits per heavy atom. The van der Waals surface area contributed by atoms with Crippen LogP contribution in [0.5, 0.6) is 0 Å². The van der Waals surface area contributed by atoms with E-state index in [0.29, 0.717) is 5.56 Å². The van der Waals surface area contributed by atoms with E-state index >= 15 is 0 Å². The summed E-state index contributed by atoms with van der Waals surface area (Å²) >= 11 is 0. The van der Waals surface area contributed by atoms with Gasteiger partial charge in [0.2, 0.25) is 17.7 Å². The van der Waals surface area contributed by atoms with Gasteiger partial charge < -0.3 is 42.1 Å². The van der Waals surface area contributed by atoms with Crippen molar-refractivity contribution in [3.63, 3.8) is 0 Å². The zero-order valence-electron chi connectivity index (χ0n) is 20.9. The Bertz CT molecular complexity index is 1050. The Morgan fingerprint density at radius 3 is 1.46 bits per heavy atom. The first-order chi connectivity index (χ1) is 18.3. The Hall–Kier alpha value is -4.53. The second kappa shape index (κ2) is 16.3. The van der Waals surface area contributed by atoms with Gasteiger partial charge in [0, 0.05) is 25.7 Å². The van der Waals surface area contributed by atoms with Crippen molar-refractivity contribution in [2.75, 3.05) is 0 Å². The van der Waals surface area contributed by atoms with Crippen molar-refractivity contribution in [3.8, 4) is 0 Å². The lowest BCUT2D eigenvalue weighted by Gasteiger charge is -2.25. The molecule has 9 N–H and O–H groups in total. The Labute approximate surface area is 222 Å². The fourth-order valence-corrected chi connectivity index (χ4v) is 3.36. The number of aliphatic carboxylic acids is 4. The number of rotatable bonds is 18. The molecule has 0 heterocycles. The van der Waals surface area contributed by atoms with Crippen LogP contribution in [0.1, 0.15) is 44.1 Å². The topological polar surface area (TPSA) is 263 Å². The molecule has 15 heteroatoms. The molecular weight excluding hydrogens is 520 g/mol. The Balaban J connectivity index is 3.05. The number of nitrogens with one attached hydrogen (secondary N) is 3. The van der Waals surface area contributed by atoms with E-state index in [1.807, 2.05) is 0 Å². The van der Waals surface area contributed by atoms with Gasteiger partial charge in [0.1, 0.15) is 18.1 Å². The van der Waals surface area contributed by atoms with Gasteiger partial charge >= 0.3 is 23.9 Å². The predicted octanol–water partition coefficient (Wildman–Crippen LogP) is -1.31. The molecule has 4 unspecified atom stereocenters. The number of hydrogen-bond donors (Lipinski definition) is 8. The monoisotopic (exact) mass is 552 g/mol. The minimum absolute atomic E-state index is 0.104. The highest BCUT2D eigenvalue weighted by Crippen LogP contribution is 2.07. The third-order valence-corrected chi connectivity index (χ3v) is 5.46. The maximum Gasteiger partial charge on any atom is 0.326 e. The summed E-state index contributed by atoms with van der Waals surface area (Å²) in [4.78, 5) is 82.9. The molecule has 0 aliphatic heterocycles. The summed E-state index contributed by atoms with van der Waals surface area (Å²) in [5, 5.41) is 43.1. The molecule has 0 aliphatic carbocycles. The van der Waals surface area contributed by atoms with E-state index in [0.717, 1.165) is 0 Å². The zero-order chi connectivity index (χ0) is 29.5. The third-order valence-electron chi connectivity index (χ3n) is 5.46. The number of carbonyl (C=O) groups is 7. The van der Waals surface area contributed by atoms with Gasteiger partial charge in [-0.15, -0.1) is 0 Å². The second-order valence-corrected chi connectivity index (χ2v) is 8.62. The van der Waals surface area contributed by atoms with Crippen molar-refractivity contribution in [1.82, 2.24) is 16.0 Å². The van der Waals surface area contributed by atoms with Crippen molar-refractivity contribution in [1.29, 1.82) is 0 Å². The fourth-order valence-electron chi connectivity index (χ4n) is 3.36. The van der Waals surface area contributed by atoms with E-state index in [4.69, 9.17) is 21.1 Å². The Morgan fingerprint density at radius 2 is 1.03 bits per heavy atom. The van der Waals surface area contributed by atoms with E-state index < -0.39 is 97.9 Å². The van der Waals surface area contributed by atoms with Gasteiger partial charge in [-0.2, -0.15) is 0 Å². The second-order valence-electron chi connectivity index (χ2n) is 8.62. The van der Waals surface area contributed by atoms with Crippen molar-refractivity contribution in [3.05, 3.63) is 35.9 Å². The van der Waals surface area contributed by atoms with E-state index in [9.17, 15) is 38.7 Å². The quantitative estimate of drug-likeness (QED) is 0.105. The highest BCUT2D eigenvalue weighted by molar-refractivity contribution is 5.94. The minimum atomic E-state index is -1.55. The van der Waals surface area contributed by atoms with Crippen LogP contribution in [-0.2, 0) is 40.0 Å². The van der Waals surface area contributed by atoms with Gasteiger partial charge in [-0.1, -0.05) is 30.3 Å². The number of hydrogen-bond acceptors (Lipinski definition) is 8. The van der Waals surface area contributed by atoms with Crippen molar-refractivity contribution < 1.29 is 54.0 Å². The molecule has 39 heavy (non-hydrogen) atoms. The van der Waals surface area contributed by atoms with Gasteiger partial charge in [0.25, 0.3) is 0 Å². The predicted molar refractivity (Wildman–Crippen MR) is 132 cm³/mol. The summed E-state index contributed by atoms with van der Waals surface area (Å²) in [6.45, 7) is 0. The number of carbonyl (C=O) groups excluding carboxylic acids is 3. The van der Waals surface area contributed by atoms with Gasteiger partial charge in [-0.3, -0.25) is 28.8 Å². The first-order valence-corrected chi connectivity index (χ1v) is 11.9. The molecule has 15 nitrogen and oxygen atoms in total. The zero-order valence-corrected chi connectivity index (χ0v) is 20.9. The summed E-state index contributed by atoms with van der Waals surface area (Å²) < 4.78 is 0. The van der Waals surface area contributed by atoms with Crippen LogP contribution in [0.2, 0.25) is 0 Å². The van der Waals surface area contributed by atoms with Crippen LogP contribution >= 0.6 is 0 Å². The van der Waals surface area contributed by atoms with Gasteiger partial charge in [-0.25, -0.2) is 4.79 Å². The summed E-state index contributed by atoms with van der Waals surface area (Å²) in [6.07, 6.45) is -2.84. The summed E-state index contributed by atoms with van der Waals surface area (Å²) in [7, 11) is 0. The average Bonchev–Trinajstić information content (AvgIpc) is 2.86. The van der Waals surface area contributed by atoms with Crippen LogP contribution in [0.25, 0.3) is 0 Å². The highest BCUT2D eigenvalue weighted by Gasteiger charge is 2.31. The maximum atomic E-state index is 13.0. The molecule has 1 aromatic rings. The molecule has 0 spiro atoms. The molecule has 3 amide bonds. The van der Waals surface area contributed by atoms with Gasteiger partial charge in [0.15, 0.2) is 0 Å². The summed E-state index contributed by atoms with van der Waals surface area (Å²) in [5.74, 6) is -8.19. The molecule has 0 saturated carbocycles. The molecule has 4 atom stereocenters. The van der Waals surface area contributed by atoms with E-state index in [-0.39, 0.29) is 12.8 Å². The van der Waals surface area contributed by atoms with Crippen molar-refractivity contribution >= 4 is 41.6 Å². The molecule has 0 aromatic heterocycles. The molecule has 0 saturated heterocycles. The van der Waals surface area contributed by atoms with Crippen LogP contribution in [0, 0.1) is 0 Å². The number of benzene rings is 1. The molecule has 0 radical (unpaired) electrons. The third kappa shape index (κ3) is 13.0. The fraction of sp³-hybridized carbons (Fsp3) is 0.458. The number of carboxylic acid groups (broad SMARTS) is 4. The average molecular weight is 553 g/mol. The standard InChI is InChI=1S/C24H32N4O11/c25-14(6-9-18(29)30)21(35)26-15(7-10-19(31)32)22(36)27-16(8-11-20(33)34)23(37)28-17(24(38)39)12-13-4-2-1-3-5-13/h1-5,14-17H,6-12,25H2,(H,26,35)(H,27,36)(H,28,37)(H,29,30)(H,31,32)(H,33,34)(H,38,39). The molecule has 1 aromatic carbocycles. The number of nitrogens with two attached hydrogens (primary N) is 1. The highest BCUT2D eigenvalue weighted by atomic mass is 16.4. The number of carboxylic acids is 4. The first kappa shape index (κ1) is 32.5. The molecule has 0 aliphatic rings. The van der Waals surface area contributed by atoms with Crippen LogP contribution in [-0.4, -0.2) is 86.2 Å². The maximum absolute atomic E-state index is 13.0. The minimum Gasteiger partial charge on any atom is -0.481 e. The van der Waals surface area contributed by atoms with E-state index in [1.54, 1.807) is 30.3 Å². The van der Waals surface area contributed by atoms with Gasteiger partial charge in [-0.05, 0) is 24.8 Å². The van der Waals surface area contributed by atoms with Crippen LogP contribution in [0.3, 0.4) is 0 Å². The summed E-state index contributed by atoms with van der Waals surface area (Å²) in [5.41, 5.74) is 6.23. The smallest absolute Gasteiger partial charge is 0.326 e. The largest absolute Gasteiger partial charge is 0.481 e. The number of amides is 3. The summed E-state index contributed by atoms with van der Waals surface area (Å²) in [6, 6.07) is 2.52. The van der Waals surface area contributed by atoms with Crippen molar-refractivity contribution in [2.45, 2.75) is 69.1 Å². The molecule has 214 valence electrons. The van der Waals surface area contributed by atoms with Crippen LogP contribution < -0.4 is 21.7 Å². The lowest BCUT2D eigenvalue weighted by molar-refractivity contribution is -0.143.